The van der Waals surface area contributed by atoms with E-state index in [0.29, 0.717) is 0 Å². The summed E-state index contributed by atoms with van der Waals surface area (Å²) < 4.78 is 5.21. The van der Waals surface area contributed by atoms with Crippen molar-refractivity contribution in [2.24, 2.45) is 0 Å². The van der Waals surface area contributed by atoms with E-state index in [-0.39, 0.29) is 0 Å². The van der Waals surface area contributed by atoms with Crippen LogP contribution in [0.4, 0.5) is 0 Å². The maximum Gasteiger partial charge on any atom is 0.118 e. The maximum atomic E-state index is 5.21. The predicted molar refractivity (Wildman–Crippen MR) is 100 cm³/mol. The zero-order chi connectivity index (χ0) is 16.8. The van der Waals surface area contributed by atoms with Crippen LogP contribution in [0.1, 0.15) is 11.1 Å². The Kier molecular flexibility index (Phi) is 5.29. The molecule has 3 aromatic rings. The molecule has 0 atom stereocenters. The molecule has 0 aromatic heterocycles. The molecule has 0 N–H and O–H groups in total. The molecule has 2 nitrogen and oxygen atoms in total. The third-order valence-electron chi connectivity index (χ3n) is 4.13. The molecule has 0 amide bonds. The van der Waals surface area contributed by atoms with Crippen molar-refractivity contribution < 1.29 is 4.74 Å². The average molecular weight is 317 g/mol. The number of nitrogens with zero attached hydrogens (tertiary/aromatic N) is 1. The lowest BCUT2D eigenvalue weighted by molar-refractivity contribution is 0.319. The molecular formula is C22H23NO. The summed E-state index contributed by atoms with van der Waals surface area (Å²) in [5, 5.41) is 0. The quantitative estimate of drug-likeness (QED) is 0.635. The minimum Gasteiger partial charge on any atom is -0.497 e. The summed E-state index contributed by atoms with van der Waals surface area (Å²) in [7, 11) is 3.85. The molecule has 0 unspecified atom stereocenters. The van der Waals surface area contributed by atoms with Crippen LogP contribution < -0.4 is 4.74 Å². The van der Waals surface area contributed by atoms with Gasteiger partial charge in [-0.25, -0.2) is 0 Å². The zero-order valence-corrected chi connectivity index (χ0v) is 14.3. The van der Waals surface area contributed by atoms with E-state index < -0.39 is 0 Å². The highest BCUT2D eigenvalue weighted by molar-refractivity contribution is 5.64. The predicted octanol–water partition coefficient (Wildman–Crippen LogP) is 4.99. The fourth-order valence-electron chi connectivity index (χ4n) is 2.85. The van der Waals surface area contributed by atoms with Crippen molar-refractivity contribution in [3.63, 3.8) is 0 Å². The van der Waals surface area contributed by atoms with E-state index in [0.717, 1.165) is 18.8 Å². The van der Waals surface area contributed by atoms with E-state index in [1.807, 2.05) is 12.1 Å². The van der Waals surface area contributed by atoms with Gasteiger partial charge < -0.3 is 4.74 Å². The van der Waals surface area contributed by atoms with Gasteiger partial charge in [0, 0.05) is 13.1 Å². The molecular weight excluding hydrogens is 294 g/mol. The Morgan fingerprint density at radius 1 is 0.667 bits per heavy atom. The first-order valence-electron chi connectivity index (χ1n) is 8.20. The van der Waals surface area contributed by atoms with Gasteiger partial charge in [-0.1, -0.05) is 66.7 Å². The van der Waals surface area contributed by atoms with Crippen molar-refractivity contribution >= 4 is 0 Å². The Morgan fingerprint density at radius 3 is 1.71 bits per heavy atom. The molecule has 0 aliphatic carbocycles. The van der Waals surface area contributed by atoms with Crippen LogP contribution in [-0.4, -0.2) is 19.1 Å². The number of benzene rings is 3. The van der Waals surface area contributed by atoms with E-state index >= 15 is 0 Å². The van der Waals surface area contributed by atoms with Crippen LogP contribution in [0.5, 0.6) is 5.75 Å². The first kappa shape index (κ1) is 16.3. The summed E-state index contributed by atoms with van der Waals surface area (Å²) in [5.74, 6) is 0.887. The molecule has 0 aliphatic rings. The van der Waals surface area contributed by atoms with Gasteiger partial charge in [0.15, 0.2) is 0 Å². The van der Waals surface area contributed by atoms with Crippen LogP contribution in [0, 0.1) is 0 Å². The lowest BCUT2D eigenvalue weighted by Gasteiger charge is -2.17. The molecule has 0 bridgehead atoms. The van der Waals surface area contributed by atoms with Crippen LogP contribution in [0.25, 0.3) is 11.1 Å². The molecule has 3 aromatic carbocycles. The number of methoxy groups -OCH3 is 1. The normalized spacial score (nSPS) is 10.8. The van der Waals surface area contributed by atoms with Gasteiger partial charge in [-0.2, -0.15) is 0 Å². The average Bonchev–Trinajstić information content (AvgIpc) is 2.63. The fourth-order valence-corrected chi connectivity index (χ4v) is 2.85. The van der Waals surface area contributed by atoms with Crippen LogP contribution in [-0.2, 0) is 13.1 Å². The lowest BCUT2D eigenvalue weighted by atomic mass is 10.0. The highest BCUT2D eigenvalue weighted by atomic mass is 16.5. The Labute approximate surface area is 144 Å². The molecule has 2 heteroatoms. The van der Waals surface area contributed by atoms with E-state index in [9.17, 15) is 0 Å². The van der Waals surface area contributed by atoms with Crippen molar-refractivity contribution in [1.29, 1.82) is 0 Å². The van der Waals surface area contributed by atoms with Gasteiger partial charge in [-0.05, 0) is 41.4 Å². The summed E-state index contributed by atoms with van der Waals surface area (Å²) in [5.41, 5.74) is 5.10. The summed E-state index contributed by atoms with van der Waals surface area (Å²) in [6.07, 6.45) is 0. The zero-order valence-electron chi connectivity index (χ0n) is 14.3. The topological polar surface area (TPSA) is 12.5 Å². The summed E-state index contributed by atoms with van der Waals surface area (Å²) in [4.78, 5) is 2.33. The summed E-state index contributed by atoms with van der Waals surface area (Å²) in [6.45, 7) is 1.90. The summed E-state index contributed by atoms with van der Waals surface area (Å²) in [6, 6.07) is 27.6. The molecule has 0 radical (unpaired) electrons. The van der Waals surface area contributed by atoms with Crippen molar-refractivity contribution in [2.75, 3.05) is 14.2 Å². The third-order valence-corrected chi connectivity index (χ3v) is 4.13. The minimum atomic E-state index is 0.887. The molecule has 0 heterocycles. The molecule has 24 heavy (non-hydrogen) atoms. The lowest BCUT2D eigenvalue weighted by Crippen LogP contribution is -2.17. The molecule has 0 saturated carbocycles. The first-order chi connectivity index (χ1) is 11.7. The number of rotatable bonds is 6. The minimum absolute atomic E-state index is 0.887. The van der Waals surface area contributed by atoms with E-state index in [1.54, 1.807) is 7.11 Å². The number of hydrogen-bond donors (Lipinski definition) is 0. The molecule has 0 fully saturated rings. The van der Waals surface area contributed by atoms with Crippen molar-refractivity contribution in [3.05, 3.63) is 90.0 Å². The van der Waals surface area contributed by atoms with Gasteiger partial charge in [0.1, 0.15) is 5.75 Å². The first-order valence-corrected chi connectivity index (χ1v) is 8.20. The van der Waals surface area contributed by atoms with Crippen molar-refractivity contribution in [3.8, 4) is 16.9 Å². The highest BCUT2D eigenvalue weighted by Gasteiger charge is 2.03. The van der Waals surface area contributed by atoms with Gasteiger partial charge >= 0.3 is 0 Å². The largest absolute Gasteiger partial charge is 0.497 e. The molecule has 0 saturated heterocycles. The maximum absolute atomic E-state index is 5.21. The number of ether oxygens (including phenoxy) is 1. The van der Waals surface area contributed by atoms with Crippen LogP contribution in [0.2, 0.25) is 0 Å². The molecule has 122 valence electrons. The van der Waals surface area contributed by atoms with Gasteiger partial charge in [-0.3, -0.25) is 4.90 Å². The molecule has 0 spiro atoms. The Hall–Kier alpha value is -2.58. The third kappa shape index (κ3) is 4.24. The van der Waals surface area contributed by atoms with Crippen LogP contribution in [0.15, 0.2) is 78.9 Å². The van der Waals surface area contributed by atoms with Crippen LogP contribution in [0.3, 0.4) is 0 Å². The van der Waals surface area contributed by atoms with E-state index in [2.05, 4.69) is 78.7 Å². The fraction of sp³-hybridized carbons (Fsp3) is 0.182. The van der Waals surface area contributed by atoms with Gasteiger partial charge in [0.2, 0.25) is 0 Å². The van der Waals surface area contributed by atoms with E-state index in [4.69, 9.17) is 4.74 Å². The standard InChI is InChI=1S/C22H23NO/c1-23(16-18-6-4-3-5-7-18)17-19-8-10-20(11-9-19)21-12-14-22(24-2)15-13-21/h3-15H,16-17H2,1-2H3. The second-order valence-electron chi connectivity index (χ2n) is 6.08. The molecule has 0 aliphatic heterocycles. The highest BCUT2D eigenvalue weighted by Crippen LogP contribution is 2.23. The van der Waals surface area contributed by atoms with Crippen molar-refractivity contribution in [2.45, 2.75) is 13.1 Å². The van der Waals surface area contributed by atoms with Crippen LogP contribution >= 0.6 is 0 Å². The Balaban J connectivity index is 1.63. The monoisotopic (exact) mass is 317 g/mol. The summed E-state index contributed by atoms with van der Waals surface area (Å²) >= 11 is 0. The van der Waals surface area contributed by atoms with Crippen molar-refractivity contribution in [1.82, 2.24) is 4.90 Å². The van der Waals surface area contributed by atoms with E-state index in [1.165, 1.54) is 22.3 Å². The Morgan fingerprint density at radius 2 is 1.17 bits per heavy atom. The second kappa shape index (κ2) is 7.80. The molecule has 3 rings (SSSR count). The Bertz CT molecular complexity index is 748. The van der Waals surface area contributed by atoms with Gasteiger partial charge in [-0.15, -0.1) is 0 Å². The number of hydrogen-bond acceptors (Lipinski definition) is 2. The smallest absolute Gasteiger partial charge is 0.118 e. The van der Waals surface area contributed by atoms with Gasteiger partial charge in [0.05, 0.1) is 7.11 Å². The second-order valence-corrected chi connectivity index (χ2v) is 6.08. The van der Waals surface area contributed by atoms with Gasteiger partial charge in [0.25, 0.3) is 0 Å². The SMILES string of the molecule is COc1ccc(-c2ccc(CN(C)Cc3ccccc3)cc2)cc1.